The topological polar surface area (TPSA) is 84.3 Å². The zero-order valence-electron chi connectivity index (χ0n) is 11.4. The first-order valence-electron chi connectivity index (χ1n) is 6.21. The summed E-state index contributed by atoms with van der Waals surface area (Å²) in [7, 11) is 1.53. The molecule has 0 saturated carbocycles. The molecule has 0 aliphatic heterocycles. The molecule has 108 valence electrons. The number of aromatic amines is 1. The summed E-state index contributed by atoms with van der Waals surface area (Å²) in [5.41, 5.74) is 0.745. The number of methoxy groups -OCH3 is 1. The number of H-pyrrole nitrogens is 1. The van der Waals surface area contributed by atoms with E-state index in [0.29, 0.717) is 11.3 Å². The fourth-order valence-corrected chi connectivity index (χ4v) is 1.85. The molecule has 6 heteroatoms. The number of aromatic nitrogens is 2. The minimum absolute atomic E-state index is 0.215. The van der Waals surface area contributed by atoms with Crippen molar-refractivity contribution in [3.63, 3.8) is 0 Å². The van der Waals surface area contributed by atoms with Gasteiger partial charge in [0.15, 0.2) is 0 Å². The lowest BCUT2D eigenvalue weighted by atomic mass is 10.1. The van der Waals surface area contributed by atoms with E-state index in [2.05, 4.69) is 16.9 Å². The van der Waals surface area contributed by atoms with Crippen molar-refractivity contribution >= 4 is 0 Å². The Morgan fingerprint density at radius 2 is 2.10 bits per heavy atom. The Balaban J connectivity index is 2.39. The highest BCUT2D eigenvalue weighted by Crippen LogP contribution is 2.19. The lowest BCUT2D eigenvalue weighted by Gasteiger charge is -2.08. The van der Waals surface area contributed by atoms with Crippen LogP contribution in [0.1, 0.15) is 11.1 Å². The van der Waals surface area contributed by atoms with Gasteiger partial charge in [0, 0.05) is 12.1 Å². The average Bonchev–Trinajstić information content (AvgIpc) is 2.49. The van der Waals surface area contributed by atoms with Crippen molar-refractivity contribution < 1.29 is 9.84 Å². The number of nitrogens with zero attached hydrogens (tertiary/aromatic N) is 1. The first-order valence-corrected chi connectivity index (χ1v) is 6.21. The molecule has 0 amide bonds. The van der Waals surface area contributed by atoms with Crippen LogP contribution in [0.15, 0.2) is 39.9 Å². The number of benzene rings is 1. The van der Waals surface area contributed by atoms with Crippen LogP contribution in [0.4, 0.5) is 0 Å². The second-order valence-corrected chi connectivity index (χ2v) is 4.23. The highest BCUT2D eigenvalue weighted by atomic mass is 16.5. The van der Waals surface area contributed by atoms with Gasteiger partial charge in [-0.25, -0.2) is 4.68 Å². The van der Waals surface area contributed by atoms with Crippen molar-refractivity contribution in [1.82, 2.24) is 9.78 Å². The number of hydrogen-bond donors (Lipinski definition) is 2. The fourth-order valence-electron chi connectivity index (χ4n) is 1.85. The van der Waals surface area contributed by atoms with Crippen LogP contribution in [-0.2, 0) is 6.54 Å². The van der Waals surface area contributed by atoms with Crippen molar-refractivity contribution in [1.29, 1.82) is 0 Å². The molecule has 0 unspecified atom stereocenters. The van der Waals surface area contributed by atoms with E-state index in [9.17, 15) is 9.59 Å². The minimum atomic E-state index is -0.344. The Morgan fingerprint density at radius 1 is 1.29 bits per heavy atom. The van der Waals surface area contributed by atoms with Gasteiger partial charge in [-0.2, -0.15) is 0 Å². The first kappa shape index (κ1) is 14.6. The van der Waals surface area contributed by atoms with E-state index < -0.39 is 0 Å². The second-order valence-electron chi connectivity index (χ2n) is 4.23. The van der Waals surface area contributed by atoms with Gasteiger partial charge in [0.25, 0.3) is 11.1 Å². The maximum atomic E-state index is 11.7. The van der Waals surface area contributed by atoms with Gasteiger partial charge in [-0.15, -0.1) is 0 Å². The Kier molecular flexibility index (Phi) is 4.59. The molecule has 1 aromatic heterocycles. The number of nitrogens with one attached hydrogen (secondary N) is 1. The van der Waals surface area contributed by atoms with Crippen LogP contribution in [0.25, 0.3) is 0 Å². The van der Waals surface area contributed by atoms with Crippen molar-refractivity contribution in [2.75, 3.05) is 13.7 Å². The zero-order valence-corrected chi connectivity index (χ0v) is 11.4. The smallest absolute Gasteiger partial charge is 0.265 e. The number of rotatable bonds is 3. The molecule has 2 rings (SSSR count). The maximum Gasteiger partial charge on any atom is 0.265 e. The summed E-state index contributed by atoms with van der Waals surface area (Å²) in [4.78, 5) is 22.9. The molecule has 1 heterocycles. The van der Waals surface area contributed by atoms with Crippen molar-refractivity contribution in [2.24, 2.45) is 0 Å². The average molecular weight is 286 g/mol. The Hall–Kier alpha value is -2.78. The summed E-state index contributed by atoms with van der Waals surface area (Å²) in [6.07, 6.45) is 0. The monoisotopic (exact) mass is 286 g/mol. The van der Waals surface area contributed by atoms with E-state index in [4.69, 9.17) is 9.84 Å². The predicted molar refractivity (Wildman–Crippen MR) is 77.4 cm³/mol. The summed E-state index contributed by atoms with van der Waals surface area (Å²) >= 11 is 0. The van der Waals surface area contributed by atoms with Crippen molar-refractivity contribution in [3.8, 4) is 17.6 Å². The SMILES string of the molecule is COc1ccc(Cn2[nH]c(=O)ccc2=O)cc1C#CCO. The van der Waals surface area contributed by atoms with Crippen molar-refractivity contribution in [2.45, 2.75) is 6.54 Å². The quantitative estimate of drug-likeness (QED) is 0.774. The molecule has 0 fully saturated rings. The van der Waals surface area contributed by atoms with Gasteiger partial charge in [-0.3, -0.25) is 14.7 Å². The summed E-state index contributed by atoms with van der Waals surface area (Å²) < 4.78 is 6.40. The molecule has 21 heavy (non-hydrogen) atoms. The Labute approximate surface area is 120 Å². The molecular formula is C15H14N2O4. The van der Waals surface area contributed by atoms with Gasteiger partial charge in [-0.1, -0.05) is 17.9 Å². The van der Waals surface area contributed by atoms with E-state index in [1.807, 2.05) is 0 Å². The van der Waals surface area contributed by atoms with E-state index in [-0.39, 0.29) is 24.3 Å². The Morgan fingerprint density at radius 3 is 2.81 bits per heavy atom. The highest BCUT2D eigenvalue weighted by Gasteiger charge is 2.04. The molecular weight excluding hydrogens is 272 g/mol. The third-order valence-electron chi connectivity index (χ3n) is 2.80. The van der Waals surface area contributed by atoms with E-state index in [1.165, 1.54) is 23.9 Å². The zero-order chi connectivity index (χ0) is 15.2. The van der Waals surface area contributed by atoms with Crippen molar-refractivity contribution in [3.05, 3.63) is 62.2 Å². The fraction of sp³-hybridized carbons (Fsp3) is 0.200. The van der Waals surface area contributed by atoms with Crippen LogP contribution < -0.4 is 15.9 Å². The van der Waals surface area contributed by atoms with E-state index in [0.717, 1.165) is 5.56 Å². The highest BCUT2D eigenvalue weighted by molar-refractivity contribution is 5.48. The van der Waals surface area contributed by atoms with E-state index >= 15 is 0 Å². The van der Waals surface area contributed by atoms with Gasteiger partial charge < -0.3 is 9.84 Å². The third-order valence-corrected chi connectivity index (χ3v) is 2.80. The van der Waals surface area contributed by atoms with Gasteiger partial charge in [-0.05, 0) is 17.7 Å². The van der Waals surface area contributed by atoms with Gasteiger partial charge >= 0.3 is 0 Å². The standard InChI is InChI=1S/C15H14N2O4/c1-21-13-5-4-11(9-12(13)3-2-8-18)10-17-15(20)7-6-14(19)16-17/h4-7,9,18H,8,10H2,1H3,(H,16,19). The van der Waals surface area contributed by atoms with E-state index in [1.54, 1.807) is 18.2 Å². The minimum Gasteiger partial charge on any atom is -0.495 e. The number of hydrogen-bond acceptors (Lipinski definition) is 4. The number of aliphatic hydroxyl groups is 1. The van der Waals surface area contributed by atoms with Crippen LogP contribution in [0.5, 0.6) is 5.75 Å². The largest absolute Gasteiger partial charge is 0.495 e. The second kappa shape index (κ2) is 6.59. The summed E-state index contributed by atoms with van der Waals surface area (Å²) in [5, 5.41) is 11.2. The van der Waals surface area contributed by atoms with Gasteiger partial charge in [0.2, 0.25) is 0 Å². The van der Waals surface area contributed by atoms with Gasteiger partial charge in [0.05, 0.1) is 19.2 Å². The third kappa shape index (κ3) is 3.61. The van der Waals surface area contributed by atoms with Crippen LogP contribution in [0.3, 0.4) is 0 Å². The van der Waals surface area contributed by atoms with Crippen LogP contribution in [-0.4, -0.2) is 28.6 Å². The number of aliphatic hydroxyl groups excluding tert-OH is 1. The summed E-state index contributed by atoms with van der Waals surface area (Å²) in [5.74, 6) is 5.91. The lowest BCUT2D eigenvalue weighted by Crippen LogP contribution is -2.28. The molecule has 0 aliphatic carbocycles. The number of ether oxygens (including phenoxy) is 1. The summed E-state index contributed by atoms with van der Waals surface area (Å²) in [6, 6.07) is 7.66. The molecule has 0 spiro atoms. The predicted octanol–water partition coefficient (Wildman–Crippen LogP) is -0.0627. The first-order chi connectivity index (χ1) is 10.1. The molecule has 2 N–H and O–H groups in total. The normalized spacial score (nSPS) is 9.81. The summed E-state index contributed by atoms with van der Waals surface area (Å²) in [6.45, 7) is -0.0362. The molecule has 0 atom stereocenters. The molecule has 0 bridgehead atoms. The molecule has 0 radical (unpaired) electrons. The molecule has 0 aliphatic rings. The van der Waals surface area contributed by atoms with Crippen LogP contribution in [0, 0.1) is 11.8 Å². The molecule has 1 aromatic carbocycles. The van der Waals surface area contributed by atoms with Crippen LogP contribution in [0.2, 0.25) is 0 Å². The maximum absolute atomic E-state index is 11.7. The Bertz CT molecular complexity index is 809. The molecule has 6 nitrogen and oxygen atoms in total. The van der Waals surface area contributed by atoms with Gasteiger partial charge in [0.1, 0.15) is 12.4 Å². The van der Waals surface area contributed by atoms with Crippen LogP contribution >= 0.6 is 0 Å². The molecule has 2 aromatic rings. The molecule has 0 saturated heterocycles. The lowest BCUT2D eigenvalue weighted by molar-refractivity contribution is 0.350.